The predicted octanol–water partition coefficient (Wildman–Crippen LogP) is 2.50. The summed E-state index contributed by atoms with van der Waals surface area (Å²) in [7, 11) is 0. The summed E-state index contributed by atoms with van der Waals surface area (Å²) >= 11 is 3.21. The Balaban J connectivity index is 2.43. The standard InChI is InChI=1S/C8H5BrN2O/c9-8-4-10-7(3-11-8)6-1-2-12-5-6/h1-5H. The van der Waals surface area contributed by atoms with Crippen molar-refractivity contribution in [2.75, 3.05) is 0 Å². The Bertz CT molecular complexity index is 355. The van der Waals surface area contributed by atoms with Crippen LogP contribution in [-0.2, 0) is 0 Å². The van der Waals surface area contributed by atoms with Crippen molar-refractivity contribution in [3.05, 3.63) is 35.6 Å². The second-order valence-electron chi connectivity index (χ2n) is 2.24. The molecule has 0 spiro atoms. The first-order chi connectivity index (χ1) is 5.86. The van der Waals surface area contributed by atoms with Crippen molar-refractivity contribution < 1.29 is 4.42 Å². The SMILES string of the molecule is Brc1cnc(-c2ccoc2)cn1. The highest BCUT2D eigenvalue weighted by Crippen LogP contribution is 2.16. The Hall–Kier alpha value is -1.16. The van der Waals surface area contributed by atoms with Gasteiger partial charge in [-0.3, -0.25) is 4.98 Å². The van der Waals surface area contributed by atoms with Crippen molar-refractivity contribution in [3.8, 4) is 11.3 Å². The molecule has 60 valence electrons. The molecule has 0 fully saturated rings. The molecule has 0 unspecified atom stereocenters. The maximum absolute atomic E-state index is 4.92. The zero-order valence-corrected chi connectivity index (χ0v) is 7.65. The first-order valence-electron chi connectivity index (χ1n) is 3.36. The molecule has 4 heteroatoms. The highest BCUT2D eigenvalue weighted by atomic mass is 79.9. The van der Waals surface area contributed by atoms with Gasteiger partial charge < -0.3 is 4.42 Å². The molecule has 0 aliphatic carbocycles. The largest absolute Gasteiger partial charge is 0.472 e. The lowest BCUT2D eigenvalue weighted by atomic mass is 10.2. The number of hydrogen-bond donors (Lipinski definition) is 0. The van der Waals surface area contributed by atoms with Gasteiger partial charge in [-0.2, -0.15) is 0 Å². The van der Waals surface area contributed by atoms with Crippen LogP contribution in [0.25, 0.3) is 11.3 Å². The quantitative estimate of drug-likeness (QED) is 0.748. The van der Waals surface area contributed by atoms with Crippen molar-refractivity contribution in [2.45, 2.75) is 0 Å². The van der Waals surface area contributed by atoms with Gasteiger partial charge in [-0.1, -0.05) is 0 Å². The smallest absolute Gasteiger partial charge is 0.124 e. The second kappa shape index (κ2) is 3.06. The van der Waals surface area contributed by atoms with Crippen LogP contribution in [0.4, 0.5) is 0 Å². The van der Waals surface area contributed by atoms with Gasteiger partial charge in [0.15, 0.2) is 0 Å². The maximum Gasteiger partial charge on any atom is 0.124 e. The third-order valence-electron chi connectivity index (χ3n) is 1.44. The summed E-state index contributed by atoms with van der Waals surface area (Å²) in [6, 6.07) is 1.85. The molecule has 0 N–H and O–H groups in total. The molecule has 0 radical (unpaired) electrons. The fourth-order valence-electron chi connectivity index (χ4n) is 0.872. The fourth-order valence-corrected chi connectivity index (χ4v) is 1.08. The Morgan fingerprint density at radius 3 is 2.75 bits per heavy atom. The van der Waals surface area contributed by atoms with Gasteiger partial charge in [0.2, 0.25) is 0 Å². The molecule has 2 aromatic heterocycles. The zero-order chi connectivity index (χ0) is 8.39. The van der Waals surface area contributed by atoms with Crippen LogP contribution >= 0.6 is 15.9 Å². The third kappa shape index (κ3) is 1.38. The minimum Gasteiger partial charge on any atom is -0.472 e. The van der Waals surface area contributed by atoms with E-state index in [1.54, 1.807) is 24.9 Å². The van der Waals surface area contributed by atoms with E-state index < -0.39 is 0 Å². The first kappa shape index (κ1) is 7.49. The van der Waals surface area contributed by atoms with Gasteiger partial charge in [-0.05, 0) is 22.0 Å². The minimum atomic E-state index is 0.731. The summed E-state index contributed by atoms with van der Waals surface area (Å²) in [6.45, 7) is 0. The van der Waals surface area contributed by atoms with E-state index in [0.717, 1.165) is 15.9 Å². The number of furan rings is 1. The highest BCUT2D eigenvalue weighted by Gasteiger charge is 1.99. The molecule has 3 nitrogen and oxygen atoms in total. The maximum atomic E-state index is 4.92. The third-order valence-corrected chi connectivity index (χ3v) is 1.85. The predicted molar refractivity (Wildman–Crippen MR) is 47.4 cm³/mol. The summed E-state index contributed by atoms with van der Waals surface area (Å²) < 4.78 is 5.65. The molecule has 0 amide bonds. The first-order valence-corrected chi connectivity index (χ1v) is 4.16. The number of aromatic nitrogens is 2. The molecule has 0 atom stereocenters. The molecule has 0 aliphatic heterocycles. The van der Waals surface area contributed by atoms with Gasteiger partial charge in [0.05, 0.1) is 30.6 Å². The zero-order valence-electron chi connectivity index (χ0n) is 6.07. The number of halogens is 1. The summed E-state index contributed by atoms with van der Waals surface area (Å²) in [5.74, 6) is 0. The van der Waals surface area contributed by atoms with Crippen molar-refractivity contribution in [2.24, 2.45) is 0 Å². The Labute approximate surface area is 77.6 Å². The Kier molecular flexibility index (Phi) is 1.91. The molecule has 2 aromatic rings. The lowest BCUT2D eigenvalue weighted by Crippen LogP contribution is -1.82. The lowest BCUT2D eigenvalue weighted by molar-refractivity contribution is 0.568. The molecular formula is C8H5BrN2O. The van der Waals surface area contributed by atoms with Crippen LogP contribution in [0.2, 0.25) is 0 Å². The van der Waals surface area contributed by atoms with Gasteiger partial charge in [0.1, 0.15) is 4.60 Å². The van der Waals surface area contributed by atoms with Gasteiger partial charge in [0, 0.05) is 5.56 Å². The molecule has 0 aromatic carbocycles. The van der Waals surface area contributed by atoms with Crippen molar-refractivity contribution in [3.63, 3.8) is 0 Å². The van der Waals surface area contributed by atoms with E-state index in [2.05, 4.69) is 25.9 Å². The van der Waals surface area contributed by atoms with Gasteiger partial charge in [0.25, 0.3) is 0 Å². The van der Waals surface area contributed by atoms with Crippen LogP contribution in [0.15, 0.2) is 40.0 Å². The van der Waals surface area contributed by atoms with E-state index in [-0.39, 0.29) is 0 Å². The summed E-state index contributed by atoms with van der Waals surface area (Å²) in [5.41, 5.74) is 1.75. The van der Waals surface area contributed by atoms with E-state index in [1.165, 1.54) is 0 Å². The molecule has 0 aliphatic rings. The van der Waals surface area contributed by atoms with Crippen LogP contribution in [0.3, 0.4) is 0 Å². The fraction of sp³-hybridized carbons (Fsp3) is 0. The number of hydrogen-bond acceptors (Lipinski definition) is 3. The summed E-state index contributed by atoms with van der Waals surface area (Å²) in [4.78, 5) is 8.20. The van der Waals surface area contributed by atoms with E-state index >= 15 is 0 Å². The molecule has 2 rings (SSSR count). The lowest BCUT2D eigenvalue weighted by Gasteiger charge is -1.93. The molecule has 0 saturated heterocycles. The molecule has 0 bridgehead atoms. The van der Waals surface area contributed by atoms with E-state index in [0.29, 0.717) is 0 Å². The molecule has 2 heterocycles. The van der Waals surface area contributed by atoms with Crippen LogP contribution in [0, 0.1) is 0 Å². The second-order valence-corrected chi connectivity index (χ2v) is 3.05. The molecule has 0 saturated carbocycles. The average Bonchev–Trinajstić information content (AvgIpc) is 2.58. The minimum absolute atomic E-state index is 0.731. The van der Waals surface area contributed by atoms with Gasteiger partial charge in [-0.15, -0.1) is 0 Å². The Morgan fingerprint density at radius 1 is 1.25 bits per heavy atom. The highest BCUT2D eigenvalue weighted by molar-refractivity contribution is 9.10. The average molecular weight is 225 g/mol. The normalized spacial score (nSPS) is 10.1. The van der Waals surface area contributed by atoms with E-state index in [4.69, 9.17) is 4.42 Å². The molecule has 12 heavy (non-hydrogen) atoms. The topological polar surface area (TPSA) is 38.9 Å². The van der Waals surface area contributed by atoms with Crippen molar-refractivity contribution in [1.82, 2.24) is 9.97 Å². The van der Waals surface area contributed by atoms with Crippen LogP contribution in [-0.4, -0.2) is 9.97 Å². The van der Waals surface area contributed by atoms with Gasteiger partial charge >= 0.3 is 0 Å². The van der Waals surface area contributed by atoms with Crippen LogP contribution < -0.4 is 0 Å². The van der Waals surface area contributed by atoms with Crippen LogP contribution in [0.1, 0.15) is 0 Å². The van der Waals surface area contributed by atoms with E-state index in [9.17, 15) is 0 Å². The van der Waals surface area contributed by atoms with Crippen molar-refractivity contribution >= 4 is 15.9 Å². The van der Waals surface area contributed by atoms with Gasteiger partial charge in [-0.25, -0.2) is 4.98 Å². The molecular weight excluding hydrogens is 220 g/mol. The van der Waals surface area contributed by atoms with Crippen molar-refractivity contribution in [1.29, 1.82) is 0 Å². The van der Waals surface area contributed by atoms with Crippen LogP contribution in [0.5, 0.6) is 0 Å². The van der Waals surface area contributed by atoms with E-state index in [1.807, 2.05) is 6.07 Å². The number of rotatable bonds is 1. The summed E-state index contributed by atoms with van der Waals surface area (Å²) in [6.07, 6.45) is 6.59. The Morgan fingerprint density at radius 2 is 2.17 bits per heavy atom. The monoisotopic (exact) mass is 224 g/mol. The summed E-state index contributed by atoms with van der Waals surface area (Å²) in [5, 5.41) is 0. The number of nitrogens with zero attached hydrogens (tertiary/aromatic N) is 2.